The van der Waals surface area contributed by atoms with Gasteiger partial charge in [-0.3, -0.25) is 9.88 Å². The van der Waals surface area contributed by atoms with E-state index in [2.05, 4.69) is 63.2 Å². The number of rotatable bonds is 10. The first-order valence-electron chi connectivity index (χ1n) is 10.2. The van der Waals surface area contributed by atoms with E-state index in [0.717, 1.165) is 38.0 Å². The van der Waals surface area contributed by atoms with Crippen molar-refractivity contribution in [3.05, 3.63) is 107 Å². The second-order valence-corrected chi connectivity index (χ2v) is 7.26. The number of pyridine rings is 1. The Bertz CT molecular complexity index is 922. The van der Waals surface area contributed by atoms with Gasteiger partial charge in [0.15, 0.2) is 0 Å². The molecule has 0 amide bonds. The molecule has 30 heavy (non-hydrogen) atoms. The van der Waals surface area contributed by atoms with Gasteiger partial charge < -0.3 is 4.74 Å². The Morgan fingerprint density at radius 2 is 1.67 bits per heavy atom. The van der Waals surface area contributed by atoms with Crippen LogP contribution >= 0.6 is 0 Å². The first-order chi connectivity index (χ1) is 14.7. The maximum absolute atomic E-state index is 11.3. The normalized spacial score (nSPS) is 11.1. The summed E-state index contributed by atoms with van der Waals surface area (Å²) in [7, 11) is 1.38. The van der Waals surface area contributed by atoms with E-state index in [9.17, 15) is 4.79 Å². The van der Waals surface area contributed by atoms with Crippen molar-refractivity contribution in [3.8, 4) is 0 Å². The van der Waals surface area contributed by atoms with E-state index < -0.39 is 0 Å². The fourth-order valence-corrected chi connectivity index (χ4v) is 3.34. The molecule has 1 heterocycles. The number of nitrogens with zero attached hydrogens (tertiary/aromatic N) is 2. The van der Waals surface area contributed by atoms with Gasteiger partial charge in [0.25, 0.3) is 0 Å². The van der Waals surface area contributed by atoms with Gasteiger partial charge in [0.05, 0.1) is 7.11 Å². The minimum Gasteiger partial charge on any atom is -0.466 e. The van der Waals surface area contributed by atoms with E-state index in [0.29, 0.717) is 0 Å². The number of ether oxygens (including phenoxy) is 1. The molecule has 0 aliphatic carbocycles. The molecule has 0 fully saturated rings. The quantitative estimate of drug-likeness (QED) is 0.358. The van der Waals surface area contributed by atoms with Crippen molar-refractivity contribution in [1.82, 2.24) is 9.88 Å². The molecule has 3 aromatic rings. The largest absolute Gasteiger partial charge is 0.466 e. The number of carbonyl (C=O) groups is 1. The maximum atomic E-state index is 11.3. The van der Waals surface area contributed by atoms with E-state index >= 15 is 0 Å². The minimum absolute atomic E-state index is 0.347. The van der Waals surface area contributed by atoms with Crippen molar-refractivity contribution in [2.45, 2.75) is 25.9 Å². The van der Waals surface area contributed by atoms with E-state index in [4.69, 9.17) is 0 Å². The van der Waals surface area contributed by atoms with Gasteiger partial charge in [0, 0.05) is 31.6 Å². The van der Waals surface area contributed by atoms with Crippen LogP contribution in [0.1, 0.15) is 28.7 Å². The molecule has 0 atom stereocenters. The lowest BCUT2D eigenvalue weighted by Crippen LogP contribution is -2.24. The van der Waals surface area contributed by atoms with Crippen LogP contribution in [0, 0.1) is 0 Å². The second-order valence-electron chi connectivity index (χ2n) is 7.26. The van der Waals surface area contributed by atoms with Crippen molar-refractivity contribution in [3.63, 3.8) is 0 Å². The average Bonchev–Trinajstić information content (AvgIpc) is 2.79. The highest BCUT2D eigenvalue weighted by Gasteiger charge is 2.08. The van der Waals surface area contributed by atoms with Gasteiger partial charge in [0.1, 0.15) is 0 Å². The third-order valence-electron chi connectivity index (χ3n) is 4.91. The fraction of sp³-hybridized carbons (Fsp3) is 0.231. The minimum atomic E-state index is -0.347. The van der Waals surface area contributed by atoms with Gasteiger partial charge in [-0.15, -0.1) is 0 Å². The van der Waals surface area contributed by atoms with Crippen molar-refractivity contribution in [2.24, 2.45) is 0 Å². The van der Waals surface area contributed by atoms with Crippen LogP contribution in [0.4, 0.5) is 0 Å². The molecule has 1 aromatic heterocycles. The number of carbonyl (C=O) groups excluding carboxylic acids is 1. The van der Waals surface area contributed by atoms with Gasteiger partial charge in [-0.1, -0.05) is 60.7 Å². The zero-order chi connectivity index (χ0) is 21.0. The average molecular weight is 401 g/mol. The molecule has 0 saturated carbocycles. The fourth-order valence-electron chi connectivity index (χ4n) is 3.34. The third kappa shape index (κ3) is 7.30. The first kappa shape index (κ1) is 21.5. The smallest absolute Gasteiger partial charge is 0.330 e. The summed E-state index contributed by atoms with van der Waals surface area (Å²) < 4.78 is 4.64. The van der Waals surface area contributed by atoms with Crippen LogP contribution in [-0.2, 0) is 29.0 Å². The third-order valence-corrected chi connectivity index (χ3v) is 4.91. The van der Waals surface area contributed by atoms with E-state index in [1.807, 2.05) is 30.6 Å². The van der Waals surface area contributed by atoms with Crippen LogP contribution in [-0.4, -0.2) is 29.5 Å². The molecular formula is C26H28N2O2. The number of aryl methyl sites for hydroxylation is 1. The van der Waals surface area contributed by atoms with Crippen molar-refractivity contribution in [1.29, 1.82) is 0 Å². The Labute approximate surface area is 178 Å². The first-order valence-corrected chi connectivity index (χ1v) is 10.2. The molecule has 154 valence electrons. The molecular weight excluding hydrogens is 372 g/mol. The van der Waals surface area contributed by atoms with Gasteiger partial charge in [0.2, 0.25) is 0 Å². The zero-order valence-corrected chi connectivity index (χ0v) is 17.4. The van der Waals surface area contributed by atoms with Crippen LogP contribution in [0.3, 0.4) is 0 Å². The Balaban J connectivity index is 1.62. The lowest BCUT2D eigenvalue weighted by Gasteiger charge is -2.22. The van der Waals surface area contributed by atoms with Gasteiger partial charge >= 0.3 is 5.97 Å². The predicted molar refractivity (Wildman–Crippen MR) is 121 cm³/mol. The lowest BCUT2D eigenvalue weighted by atomic mass is 10.1. The Morgan fingerprint density at radius 3 is 2.37 bits per heavy atom. The van der Waals surface area contributed by atoms with Gasteiger partial charge in [-0.05, 0) is 53.8 Å². The molecule has 2 aromatic carbocycles. The highest BCUT2D eigenvalue weighted by Crippen LogP contribution is 2.13. The van der Waals surface area contributed by atoms with E-state index in [-0.39, 0.29) is 5.97 Å². The Kier molecular flexibility index (Phi) is 8.36. The standard InChI is InChI=1S/C26H28N2O2/c1-30-26(29)16-15-23-11-13-24(14-12-23)20-28(21-25-9-5-17-27-19-25)18-6-10-22-7-3-2-4-8-22/h2-5,7-9,11-17,19H,6,10,18,20-21H2,1H3/b16-15+. The lowest BCUT2D eigenvalue weighted by molar-refractivity contribution is -0.134. The number of aromatic nitrogens is 1. The number of benzene rings is 2. The van der Waals surface area contributed by atoms with Gasteiger partial charge in [-0.2, -0.15) is 0 Å². The summed E-state index contributed by atoms with van der Waals surface area (Å²) in [6.45, 7) is 2.74. The number of hydrogen-bond acceptors (Lipinski definition) is 4. The molecule has 0 aliphatic rings. The summed E-state index contributed by atoms with van der Waals surface area (Å²) in [5, 5.41) is 0. The molecule has 0 N–H and O–H groups in total. The number of methoxy groups -OCH3 is 1. The van der Waals surface area contributed by atoms with Crippen molar-refractivity contribution >= 4 is 12.0 Å². The summed E-state index contributed by atoms with van der Waals surface area (Å²) in [5.74, 6) is -0.347. The molecule has 0 aliphatic heterocycles. The van der Waals surface area contributed by atoms with Crippen LogP contribution in [0.5, 0.6) is 0 Å². The second kappa shape index (κ2) is 11.7. The predicted octanol–water partition coefficient (Wildman–Crippen LogP) is 4.90. The topological polar surface area (TPSA) is 42.4 Å². The summed E-state index contributed by atoms with van der Waals surface area (Å²) in [6.07, 6.45) is 9.12. The Morgan fingerprint density at radius 1 is 0.933 bits per heavy atom. The van der Waals surface area contributed by atoms with Gasteiger partial charge in [-0.25, -0.2) is 4.79 Å². The Hall–Kier alpha value is -3.24. The van der Waals surface area contributed by atoms with Crippen molar-refractivity contribution in [2.75, 3.05) is 13.7 Å². The van der Waals surface area contributed by atoms with E-state index in [1.54, 1.807) is 6.08 Å². The van der Waals surface area contributed by atoms with Crippen LogP contribution in [0.15, 0.2) is 85.2 Å². The summed E-state index contributed by atoms with van der Waals surface area (Å²) in [6, 6.07) is 23.0. The molecule has 0 unspecified atom stereocenters. The molecule has 3 rings (SSSR count). The SMILES string of the molecule is COC(=O)/C=C/c1ccc(CN(CCCc2ccccc2)Cc2cccnc2)cc1. The molecule has 4 heteroatoms. The zero-order valence-electron chi connectivity index (χ0n) is 17.4. The maximum Gasteiger partial charge on any atom is 0.330 e. The highest BCUT2D eigenvalue weighted by atomic mass is 16.5. The van der Waals surface area contributed by atoms with Crippen molar-refractivity contribution < 1.29 is 9.53 Å². The molecule has 0 saturated heterocycles. The highest BCUT2D eigenvalue weighted by molar-refractivity contribution is 5.86. The molecule has 0 radical (unpaired) electrons. The summed E-state index contributed by atoms with van der Waals surface area (Å²) >= 11 is 0. The summed E-state index contributed by atoms with van der Waals surface area (Å²) in [5.41, 5.74) is 4.82. The van der Waals surface area contributed by atoms with Crippen LogP contribution in [0.2, 0.25) is 0 Å². The molecule has 0 bridgehead atoms. The number of hydrogen-bond donors (Lipinski definition) is 0. The van der Waals surface area contributed by atoms with Crippen LogP contribution in [0.25, 0.3) is 6.08 Å². The molecule has 0 spiro atoms. The van der Waals surface area contributed by atoms with Crippen LogP contribution < -0.4 is 0 Å². The monoisotopic (exact) mass is 400 g/mol. The summed E-state index contributed by atoms with van der Waals surface area (Å²) in [4.78, 5) is 18.0. The van der Waals surface area contributed by atoms with E-state index in [1.165, 1.54) is 29.9 Å². The molecule has 4 nitrogen and oxygen atoms in total. The number of esters is 1.